The van der Waals surface area contributed by atoms with E-state index in [0.29, 0.717) is 10.0 Å². The molecule has 1 aliphatic rings. The average molecular weight is 324 g/mol. The van der Waals surface area contributed by atoms with Gasteiger partial charge in [-0.3, -0.25) is 0 Å². The highest BCUT2D eigenvalue weighted by Crippen LogP contribution is 2.43. The van der Waals surface area contributed by atoms with Crippen LogP contribution in [0.3, 0.4) is 0 Å². The minimum atomic E-state index is -0.397. The van der Waals surface area contributed by atoms with E-state index < -0.39 is 6.10 Å². The van der Waals surface area contributed by atoms with Gasteiger partial charge in [-0.05, 0) is 49.4 Å². The molecule has 1 heterocycles. The largest absolute Gasteiger partial charge is 0.388 e. The number of aromatic nitrogens is 1. The fourth-order valence-electron chi connectivity index (χ4n) is 3.33. The van der Waals surface area contributed by atoms with Crippen LogP contribution in [0.5, 0.6) is 0 Å². The first-order valence-corrected chi connectivity index (χ1v) is 7.89. The predicted molar refractivity (Wildman–Crippen MR) is 87.6 cm³/mol. The molecule has 3 rings (SSSR count). The number of fused-ring (bicyclic) bond motifs is 1. The maximum absolute atomic E-state index is 10.4. The summed E-state index contributed by atoms with van der Waals surface area (Å²) in [6, 6.07) is 7.74. The Kier molecular flexibility index (Phi) is 3.59. The zero-order valence-electron chi connectivity index (χ0n) is 12.5. The summed E-state index contributed by atoms with van der Waals surface area (Å²) in [4.78, 5) is 0. The number of benzene rings is 1. The van der Waals surface area contributed by atoms with Gasteiger partial charge in [0.25, 0.3) is 0 Å². The topological polar surface area (TPSA) is 25.2 Å². The lowest BCUT2D eigenvalue weighted by Crippen LogP contribution is -2.26. The van der Waals surface area contributed by atoms with Crippen LogP contribution in [0.15, 0.2) is 24.3 Å². The third-order valence-electron chi connectivity index (χ3n) is 4.23. The molecule has 1 aliphatic carbocycles. The van der Waals surface area contributed by atoms with Crippen molar-refractivity contribution in [3.63, 3.8) is 0 Å². The van der Waals surface area contributed by atoms with Crippen molar-refractivity contribution in [1.82, 2.24) is 4.57 Å². The van der Waals surface area contributed by atoms with Gasteiger partial charge in [-0.25, -0.2) is 0 Å². The van der Waals surface area contributed by atoms with Crippen LogP contribution in [-0.2, 0) is 6.42 Å². The summed E-state index contributed by atoms with van der Waals surface area (Å²) in [7, 11) is 0. The number of halogens is 2. The van der Waals surface area contributed by atoms with Gasteiger partial charge < -0.3 is 9.67 Å². The first-order chi connectivity index (χ1) is 9.78. The number of aliphatic hydroxyl groups is 1. The molecule has 1 atom stereocenters. The van der Waals surface area contributed by atoms with Crippen molar-refractivity contribution in [3.8, 4) is 5.69 Å². The van der Waals surface area contributed by atoms with Gasteiger partial charge in [0, 0.05) is 22.6 Å². The van der Waals surface area contributed by atoms with Gasteiger partial charge in [0.05, 0.1) is 16.1 Å². The van der Waals surface area contributed by atoms with Gasteiger partial charge in [-0.2, -0.15) is 0 Å². The predicted octanol–water partition coefficient (Wildman–Crippen LogP) is 5.10. The van der Waals surface area contributed by atoms with E-state index in [0.717, 1.165) is 29.8 Å². The molecule has 1 aromatic heterocycles. The molecule has 1 N–H and O–H groups in total. The molecule has 1 unspecified atom stereocenters. The van der Waals surface area contributed by atoms with Gasteiger partial charge in [-0.1, -0.05) is 37.0 Å². The lowest BCUT2D eigenvalue weighted by molar-refractivity contribution is 0.0987. The van der Waals surface area contributed by atoms with Crippen LogP contribution in [0, 0.1) is 12.3 Å². The quantitative estimate of drug-likeness (QED) is 0.776. The first-order valence-electron chi connectivity index (χ1n) is 7.13. The Morgan fingerprint density at radius 1 is 1.19 bits per heavy atom. The lowest BCUT2D eigenvalue weighted by atomic mass is 9.75. The highest BCUT2D eigenvalue weighted by molar-refractivity contribution is 6.42. The standard InChI is InChI=1S/C17H19Cl2NO/c1-10-6-12-15(8-17(2,3)9-16(12)21)20(10)11-4-5-13(18)14(19)7-11/h4-7,16,21H,8-9H2,1-3H3. The molecule has 0 saturated heterocycles. The molecule has 0 saturated carbocycles. The highest BCUT2D eigenvalue weighted by atomic mass is 35.5. The van der Waals surface area contributed by atoms with E-state index in [9.17, 15) is 5.11 Å². The number of hydrogen-bond donors (Lipinski definition) is 1. The van der Waals surface area contributed by atoms with Crippen LogP contribution < -0.4 is 0 Å². The van der Waals surface area contributed by atoms with Gasteiger partial charge in [-0.15, -0.1) is 0 Å². The number of aryl methyl sites for hydroxylation is 1. The summed E-state index contributed by atoms with van der Waals surface area (Å²) >= 11 is 12.2. The molecule has 0 aliphatic heterocycles. The fourth-order valence-corrected chi connectivity index (χ4v) is 3.62. The SMILES string of the molecule is Cc1cc2c(n1-c1ccc(Cl)c(Cl)c1)CC(C)(C)CC2O. The molecule has 112 valence electrons. The van der Waals surface area contributed by atoms with E-state index in [2.05, 4.69) is 31.4 Å². The van der Waals surface area contributed by atoms with Gasteiger partial charge in [0.2, 0.25) is 0 Å². The van der Waals surface area contributed by atoms with Crippen molar-refractivity contribution in [2.24, 2.45) is 5.41 Å². The van der Waals surface area contributed by atoms with Crippen molar-refractivity contribution < 1.29 is 5.11 Å². The van der Waals surface area contributed by atoms with E-state index in [1.54, 1.807) is 0 Å². The lowest BCUT2D eigenvalue weighted by Gasteiger charge is -2.34. The molecule has 0 bridgehead atoms. The third-order valence-corrected chi connectivity index (χ3v) is 4.97. The van der Waals surface area contributed by atoms with E-state index in [4.69, 9.17) is 23.2 Å². The number of aliphatic hydroxyl groups excluding tert-OH is 1. The zero-order valence-corrected chi connectivity index (χ0v) is 14.0. The number of nitrogens with zero attached hydrogens (tertiary/aromatic N) is 1. The fraction of sp³-hybridized carbons (Fsp3) is 0.412. The molecule has 4 heteroatoms. The number of hydrogen-bond acceptors (Lipinski definition) is 1. The van der Waals surface area contributed by atoms with Crippen molar-refractivity contribution in [1.29, 1.82) is 0 Å². The Morgan fingerprint density at radius 2 is 1.90 bits per heavy atom. The Labute approximate surface area is 135 Å². The van der Waals surface area contributed by atoms with Gasteiger partial charge in [0.1, 0.15) is 0 Å². The summed E-state index contributed by atoms with van der Waals surface area (Å²) in [5, 5.41) is 11.5. The normalized spacial score (nSPS) is 20.4. The van der Waals surface area contributed by atoms with Crippen LogP contribution in [0.2, 0.25) is 10.0 Å². The first kappa shape index (κ1) is 15.0. The maximum atomic E-state index is 10.4. The van der Waals surface area contributed by atoms with E-state index in [1.165, 1.54) is 5.69 Å². The second-order valence-corrected chi connectivity index (χ2v) is 7.50. The average Bonchev–Trinajstić information content (AvgIpc) is 2.68. The van der Waals surface area contributed by atoms with Crippen molar-refractivity contribution in [2.45, 2.75) is 39.7 Å². The van der Waals surface area contributed by atoms with Gasteiger partial charge in [0.15, 0.2) is 0 Å². The third kappa shape index (κ3) is 2.61. The zero-order chi connectivity index (χ0) is 15.4. The van der Waals surface area contributed by atoms with Crippen molar-refractivity contribution >= 4 is 23.2 Å². The second kappa shape index (κ2) is 5.05. The van der Waals surface area contributed by atoms with Crippen LogP contribution in [0.25, 0.3) is 5.69 Å². The number of rotatable bonds is 1. The molecule has 1 aromatic carbocycles. The van der Waals surface area contributed by atoms with Crippen LogP contribution in [0.1, 0.15) is 43.3 Å². The van der Waals surface area contributed by atoms with Crippen LogP contribution in [-0.4, -0.2) is 9.67 Å². The molecule has 0 fully saturated rings. The molecular weight excluding hydrogens is 305 g/mol. The second-order valence-electron chi connectivity index (χ2n) is 6.68. The molecule has 2 nitrogen and oxygen atoms in total. The molecule has 0 spiro atoms. The Hall–Kier alpha value is -0.960. The molecule has 21 heavy (non-hydrogen) atoms. The van der Waals surface area contributed by atoms with Crippen molar-refractivity contribution in [2.75, 3.05) is 0 Å². The van der Waals surface area contributed by atoms with E-state index in [-0.39, 0.29) is 5.41 Å². The molecule has 2 aromatic rings. The van der Waals surface area contributed by atoms with E-state index in [1.807, 2.05) is 18.2 Å². The minimum Gasteiger partial charge on any atom is -0.388 e. The van der Waals surface area contributed by atoms with Crippen molar-refractivity contribution in [3.05, 3.63) is 51.3 Å². The molecule has 0 radical (unpaired) electrons. The summed E-state index contributed by atoms with van der Waals surface area (Å²) in [5.74, 6) is 0. The van der Waals surface area contributed by atoms with Gasteiger partial charge >= 0.3 is 0 Å². The van der Waals surface area contributed by atoms with Crippen LogP contribution >= 0.6 is 23.2 Å². The van der Waals surface area contributed by atoms with Crippen LogP contribution in [0.4, 0.5) is 0 Å². The highest BCUT2D eigenvalue weighted by Gasteiger charge is 2.34. The summed E-state index contributed by atoms with van der Waals surface area (Å²) < 4.78 is 2.18. The molecular formula is C17H19Cl2NO. The maximum Gasteiger partial charge on any atom is 0.0812 e. The summed E-state index contributed by atoms with van der Waals surface area (Å²) in [6.45, 7) is 6.45. The van der Waals surface area contributed by atoms with E-state index >= 15 is 0 Å². The monoisotopic (exact) mass is 323 g/mol. The molecule has 0 amide bonds. The summed E-state index contributed by atoms with van der Waals surface area (Å²) in [5.41, 5.74) is 4.40. The smallest absolute Gasteiger partial charge is 0.0812 e. The Balaban J connectivity index is 2.18. The summed E-state index contributed by atoms with van der Waals surface area (Å²) in [6.07, 6.45) is 1.34. The Morgan fingerprint density at radius 3 is 2.57 bits per heavy atom. The Bertz CT molecular complexity index is 703. The minimum absolute atomic E-state index is 0.0885.